The van der Waals surface area contributed by atoms with Gasteiger partial charge in [-0.15, -0.1) is 0 Å². The Balaban J connectivity index is 1.42. The molecule has 0 saturated carbocycles. The lowest BCUT2D eigenvalue weighted by Crippen LogP contribution is -2.48. The Bertz CT molecular complexity index is 1290. The van der Waals surface area contributed by atoms with Gasteiger partial charge >= 0.3 is 0 Å². The molecular formula is C25H27N5O3. The monoisotopic (exact) mass is 445 g/mol. The van der Waals surface area contributed by atoms with E-state index in [2.05, 4.69) is 39.7 Å². The van der Waals surface area contributed by atoms with Crippen LogP contribution in [-0.4, -0.2) is 55.7 Å². The van der Waals surface area contributed by atoms with Gasteiger partial charge in [-0.05, 0) is 42.2 Å². The van der Waals surface area contributed by atoms with E-state index in [-0.39, 0.29) is 18.6 Å². The first-order valence-corrected chi connectivity index (χ1v) is 11.1. The van der Waals surface area contributed by atoms with Gasteiger partial charge in [-0.1, -0.05) is 24.3 Å². The van der Waals surface area contributed by atoms with Gasteiger partial charge in [0.1, 0.15) is 11.3 Å². The van der Waals surface area contributed by atoms with Crippen molar-refractivity contribution in [2.75, 3.05) is 13.2 Å². The average molecular weight is 446 g/mol. The summed E-state index contributed by atoms with van der Waals surface area (Å²) in [6.45, 7) is 0.751. The van der Waals surface area contributed by atoms with Crippen LogP contribution in [0.1, 0.15) is 28.0 Å². The molecule has 1 aromatic carbocycles. The Morgan fingerprint density at radius 2 is 2.00 bits per heavy atom. The molecule has 4 aromatic rings. The molecule has 1 aliphatic rings. The number of carbonyl (C=O) groups is 1. The molecule has 0 aliphatic carbocycles. The Morgan fingerprint density at radius 3 is 2.73 bits per heavy atom. The summed E-state index contributed by atoms with van der Waals surface area (Å²) >= 11 is 0. The van der Waals surface area contributed by atoms with Crippen molar-refractivity contribution < 1.29 is 14.6 Å². The zero-order chi connectivity index (χ0) is 22.9. The van der Waals surface area contributed by atoms with Crippen LogP contribution in [-0.2, 0) is 25.3 Å². The molecule has 2 atom stereocenters. The Labute approximate surface area is 191 Å². The van der Waals surface area contributed by atoms with Crippen molar-refractivity contribution in [2.24, 2.45) is 14.1 Å². The molecule has 0 spiro atoms. The second-order valence-electron chi connectivity index (χ2n) is 8.59. The van der Waals surface area contributed by atoms with Crippen LogP contribution in [0.2, 0.25) is 0 Å². The lowest BCUT2D eigenvalue weighted by molar-refractivity contribution is -0.0261. The zero-order valence-corrected chi connectivity index (χ0v) is 18.7. The molecule has 1 amide bonds. The minimum Gasteiger partial charge on any atom is -0.389 e. The molecule has 0 unspecified atom stereocenters. The maximum Gasteiger partial charge on any atom is 0.270 e. The zero-order valence-electron chi connectivity index (χ0n) is 18.7. The Morgan fingerprint density at radius 1 is 1.18 bits per heavy atom. The van der Waals surface area contributed by atoms with Crippen molar-refractivity contribution in [3.63, 3.8) is 0 Å². The minimum atomic E-state index is -0.710. The van der Waals surface area contributed by atoms with E-state index in [1.165, 1.54) is 0 Å². The van der Waals surface area contributed by atoms with Gasteiger partial charge in [-0.3, -0.25) is 9.48 Å². The van der Waals surface area contributed by atoms with E-state index in [9.17, 15) is 9.90 Å². The quantitative estimate of drug-likeness (QED) is 0.492. The second-order valence-corrected chi connectivity index (χ2v) is 8.59. The van der Waals surface area contributed by atoms with Gasteiger partial charge in [0.25, 0.3) is 5.91 Å². The summed E-state index contributed by atoms with van der Waals surface area (Å²) < 4.78 is 8.97. The fourth-order valence-corrected chi connectivity index (χ4v) is 4.28. The van der Waals surface area contributed by atoms with Crippen molar-refractivity contribution in [2.45, 2.75) is 25.0 Å². The first-order valence-electron chi connectivity index (χ1n) is 11.1. The molecule has 0 bridgehead atoms. The van der Waals surface area contributed by atoms with Gasteiger partial charge < -0.3 is 19.7 Å². The summed E-state index contributed by atoms with van der Waals surface area (Å²) in [5.74, 6) is -0.282. The van der Waals surface area contributed by atoms with Crippen LogP contribution in [0.15, 0.2) is 54.9 Å². The number of carbonyl (C=O) groups excluding carboxylic acids is 1. The predicted octanol–water partition coefficient (Wildman–Crippen LogP) is 2.44. The summed E-state index contributed by atoms with van der Waals surface area (Å²) in [5.41, 5.74) is 5.28. The van der Waals surface area contributed by atoms with Gasteiger partial charge in [-0.25, -0.2) is 4.98 Å². The maximum atomic E-state index is 13.0. The number of hydrogen-bond acceptors (Lipinski definition) is 5. The highest BCUT2D eigenvalue weighted by molar-refractivity contribution is 5.95. The normalized spacial score (nSPS) is 18.5. The molecule has 33 heavy (non-hydrogen) atoms. The van der Waals surface area contributed by atoms with Crippen molar-refractivity contribution >= 4 is 16.9 Å². The van der Waals surface area contributed by atoms with Crippen LogP contribution in [0.5, 0.6) is 0 Å². The van der Waals surface area contributed by atoms with E-state index in [1.54, 1.807) is 4.68 Å². The predicted molar refractivity (Wildman–Crippen MR) is 125 cm³/mol. The topological polar surface area (TPSA) is 94.2 Å². The lowest BCUT2D eigenvalue weighted by atomic mass is 10.00. The van der Waals surface area contributed by atoms with E-state index in [1.807, 2.05) is 49.3 Å². The van der Waals surface area contributed by atoms with E-state index in [0.717, 1.165) is 33.4 Å². The molecule has 8 nitrogen and oxygen atoms in total. The SMILES string of the molecule is Cn1ccc(-c2ccc(Cc3cc(C(=O)N[C@@H]4CCOC[C@H]4O)nc4c3ccn4C)cc2)n1. The number of aliphatic hydroxyl groups excluding tert-OH is 1. The first kappa shape index (κ1) is 21.4. The number of amides is 1. The van der Waals surface area contributed by atoms with Gasteiger partial charge in [0, 0.05) is 44.0 Å². The van der Waals surface area contributed by atoms with E-state index >= 15 is 0 Å². The highest BCUT2D eigenvalue weighted by Crippen LogP contribution is 2.24. The van der Waals surface area contributed by atoms with E-state index in [0.29, 0.717) is 25.1 Å². The second kappa shape index (κ2) is 8.80. The van der Waals surface area contributed by atoms with Gasteiger partial charge in [0.05, 0.1) is 24.4 Å². The number of fused-ring (bicyclic) bond motifs is 1. The molecule has 1 aliphatic heterocycles. The summed E-state index contributed by atoms with van der Waals surface area (Å²) in [6.07, 6.45) is 4.42. The lowest BCUT2D eigenvalue weighted by Gasteiger charge is -2.28. The number of ether oxygens (including phenoxy) is 1. The number of nitrogens with zero attached hydrogens (tertiary/aromatic N) is 4. The molecule has 1 saturated heterocycles. The minimum absolute atomic E-state index is 0.231. The van der Waals surface area contributed by atoms with Crippen LogP contribution in [0, 0.1) is 0 Å². The van der Waals surface area contributed by atoms with E-state index < -0.39 is 6.10 Å². The van der Waals surface area contributed by atoms with E-state index in [4.69, 9.17) is 4.74 Å². The molecule has 8 heteroatoms. The number of rotatable bonds is 5. The van der Waals surface area contributed by atoms with Crippen LogP contribution in [0.25, 0.3) is 22.3 Å². The standard InChI is InChI=1S/C25H27N5O3/c1-29-10-7-19-18(13-16-3-5-17(6-4-16)20-8-11-30(2)28-20)14-22(26-24(19)29)25(32)27-21-9-12-33-15-23(21)31/h3-8,10-11,14,21,23,31H,9,12-13,15H2,1-2H3,(H,27,32)/t21-,23-/m1/s1. The van der Waals surface area contributed by atoms with Crippen molar-refractivity contribution in [3.05, 3.63) is 71.7 Å². The first-order chi connectivity index (χ1) is 16.0. The fraction of sp³-hybridized carbons (Fsp3) is 0.320. The number of aromatic nitrogens is 4. The molecule has 4 heterocycles. The van der Waals surface area contributed by atoms with Crippen molar-refractivity contribution in [3.8, 4) is 11.3 Å². The maximum absolute atomic E-state index is 13.0. The Hall–Kier alpha value is -3.49. The van der Waals surface area contributed by atoms with Crippen LogP contribution >= 0.6 is 0 Å². The van der Waals surface area contributed by atoms with Crippen LogP contribution in [0.4, 0.5) is 0 Å². The molecule has 5 rings (SSSR count). The van der Waals surface area contributed by atoms with Gasteiger partial charge in [0.15, 0.2) is 0 Å². The number of pyridine rings is 1. The molecule has 0 radical (unpaired) electrons. The summed E-state index contributed by atoms with van der Waals surface area (Å²) in [4.78, 5) is 17.6. The van der Waals surface area contributed by atoms with Crippen LogP contribution < -0.4 is 5.32 Å². The average Bonchev–Trinajstić information content (AvgIpc) is 3.42. The largest absolute Gasteiger partial charge is 0.389 e. The molecular weight excluding hydrogens is 418 g/mol. The number of benzene rings is 1. The smallest absolute Gasteiger partial charge is 0.270 e. The molecule has 2 N–H and O–H groups in total. The highest BCUT2D eigenvalue weighted by Gasteiger charge is 2.26. The molecule has 170 valence electrons. The van der Waals surface area contributed by atoms with Crippen molar-refractivity contribution in [1.82, 2.24) is 24.6 Å². The summed E-state index contributed by atoms with van der Waals surface area (Å²) in [7, 11) is 3.83. The molecule has 3 aromatic heterocycles. The van der Waals surface area contributed by atoms with Crippen molar-refractivity contribution in [1.29, 1.82) is 0 Å². The third-order valence-corrected chi connectivity index (χ3v) is 6.16. The van der Waals surface area contributed by atoms with Gasteiger partial charge in [-0.2, -0.15) is 5.10 Å². The number of aliphatic hydroxyl groups is 1. The van der Waals surface area contributed by atoms with Gasteiger partial charge in [0.2, 0.25) is 0 Å². The Kier molecular flexibility index (Phi) is 5.70. The summed E-state index contributed by atoms with van der Waals surface area (Å²) in [5, 5.41) is 18.5. The number of hydrogen-bond donors (Lipinski definition) is 2. The van der Waals surface area contributed by atoms with Crippen LogP contribution in [0.3, 0.4) is 0 Å². The number of aryl methyl sites for hydroxylation is 2. The fourth-order valence-electron chi connectivity index (χ4n) is 4.28. The molecule has 1 fully saturated rings. The summed E-state index contributed by atoms with van der Waals surface area (Å²) in [6, 6.07) is 13.9. The third kappa shape index (κ3) is 4.40. The third-order valence-electron chi connectivity index (χ3n) is 6.16. The number of nitrogens with one attached hydrogen (secondary N) is 1. The highest BCUT2D eigenvalue weighted by atomic mass is 16.5.